The highest BCUT2D eigenvalue weighted by molar-refractivity contribution is 14.0. The highest BCUT2D eigenvalue weighted by atomic mass is 127. The van der Waals surface area contributed by atoms with E-state index < -0.39 is 0 Å². The van der Waals surface area contributed by atoms with Gasteiger partial charge < -0.3 is 20.3 Å². The first-order chi connectivity index (χ1) is 15.0. The predicted molar refractivity (Wildman–Crippen MR) is 136 cm³/mol. The van der Waals surface area contributed by atoms with E-state index in [1.165, 1.54) is 0 Å². The van der Waals surface area contributed by atoms with Gasteiger partial charge in [0.05, 0.1) is 6.54 Å². The van der Waals surface area contributed by atoms with Crippen molar-refractivity contribution in [1.82, 2.24) is 30.3 Å². The minimum absolute atomic E-state index is 0. The van der Waals surface area contributed by atoms with Crippen LogP contribution in [0.15, 0.2) is 29.3 Å². The predicted octanol–water partition coefficient (Wildman–Crippen LogP) is 1.86. The van der Waals surface area contributed by atoms with E-state index in [0.717, 1.165) is 55.5 Å². The van der Waals surface area contributed by atoms with Crippen molar-refractivity contribution >= 4 is 35.8 Å². The maximum Gasteiger partial charge on any atom is 0.253 e. The molecule has 1 aromatic heterocycles. The smallest absolute Gasteiger partial charge is 0.253 e. The van der Waals surface area contributed by atoms with Crippen molar-refractivity contribution in [3.05, 3.63) is 47.0 Å². The molecule has 176 valence electrons. The molecule has 0 saturated carbocycles. The second kappa shape index (κ2) is 12.7. The quantitative estimate of drug-likeness (QED) is 0.294. The van der Waals surface area contributed by atoms with E-state index in [1.807, 2.05) is 28.9 Å². The van der Waals surface area contributed by atoms with E-state index in [2.05, 4.69) is 27.6 Å². The molecular formula is C22H34IN7O2. The Morgan fingerprint density at radius 1 is 1.38 bits per heavy atom. The highest BCUT2D eigenvalue weighted by Crippen LogP contribution is 2.13. The number of hydrogen-bond donors (Lipinski definition) is 2. The second-order valence-electron chi connectivity index (χ2n) is 7.85. The van der Waals surface area contributed by atoms with E-state index in [0.29, 0.717) is 18.7 Å². The molecule has 0 saturated heterocycles. The Morgan fingerprint density at radius 2 is 2.19 bits per heavy atom. The van der Waals surface area contributed by atoms with Gasteiger partial charge in [-0.1, -0.05) is 12.1 Å². The number of hydrogen-bond acceptors (Lipinski definition) is 5. The van der Waals surface area contributed by atoms with Crippen molar-refractivity contribution in [3.8, 4) is 0 Å². The number of fused-ring (bicyclic) bond motifs is 1. The van der Waals surface area contributed by atoms with Crippen LogP contribution in [0, 0.1) is 0 Å². The number of carbonyl (C=O) groups excluding carboxylic acids is 1. The van der Waals surface area contributed by atoms with Crippen molar-refractivity contribution in [2.75, 3.05) is 34.3 Å². The average molecular weight is 555 g/mol. The van der Waals surface area contributed by atoms with Crippen LogP contribution in [0.1, 0.15) is 40.9 Å². The number of nitrogens with one attached hydrogen (secondary N) is 2. The zero-order chi connectivity index (χ0) is 22.2. The van der Waals surface area contributed by atoms with Gasteiger partial charge in [-0.25, -0.2) is 9.67 Å². The van der Waals surface area contributed by atoms with Gasteiger partial charge in [0.15, 0.2) is 11.8 Å². The number of aromatic nitrogens is 3. The number of nitrogens with zero attached hydrogens (tertiary/aromatic N) is 5. The number of rotatable bonds is 8. The van der Waals surface area contributed by atoms with Crippen LogP contribution in [0.4, 0.5) is 0 Å². The molecule has 1 aliphatic heterocycles. The lowest BCUT2D eigenvalue weighted by Crippen LogP contribution is -2.47. The molecule has 1 amide bonds. The number of methoxy groups -OCH3 is 1. The fourth-order valence-corrected chi connectivity index (χ4v) is 3.60. The second-order valence-corrected chi connectivity index (χ2v) is 7.85. The van der Waals surface area contributed by atoms with Crippen LogP contribution in [0.25, 0.3) is 0 Å². The molecule has 10 heteroatoms. The summed E-state index contributed by atoms with van der Waals surface area (Å²) in [6.07, 6.45) is 2.62. The van der Waals surface area contributed by atoms with Gasteiger partial charge in [-0.15, -0.1) is 24.0 Å². The number of guanidine groups is 1. The van der Waals surface area contributed by atoms with Gasteiger partial charge in [-0.3, -0.25) is 9.79 Å². The Kier molecular flexibility index (Phi) is 10.4. The summed E-state index contributed by atoms with van der Waals surface area (Å²) < 4.78 is 7.10. The summed E-state index contributed by atoms with van der Waals surface area (Å²) in [6.45, 7) is 4.67. The van der Waals surface area contributed by atoms with Crippen LogP contribution >= 0.6 is 24.0 Å². The minimum Gasteiger partial charge on any atom is -0.377 e. The Balaban J connectivity index is 0.00000363. The Bertz CT molecular complexity index is 913. The standard InChI is InChI=1S/C22H33N7O2.HI/c1-5-23-22(24-12-11-16-7-6-8-17(13-16)21(30)28(2)3)25-18-9-10-20-26-19(15-31-4)27-29(20)14-18;/h6-8,13,18H,5,9-12,14-15H2,1-4H3,(H2,23,24,25);1H. The molecule has 9 nitrogen and oxygen atoms in total. The summed E-state index contributed by atoms with van der Waals surface area (Å²) in [4.78, 5) is 23.0. The molecular weight excluding hydrogens is 521 g/mol. The van der Waals surface area contributed by atoms with Gasteiger partial charge in [0, 0.05) is 52.3 Å². The van der Waals surface area contributed by atoms with E-state index in [1.54, 1.807) is 26.1 Å². The van der Waals surface area contributed by atoms with Gasteiger partial charge in [0.25, 0.3) is 5.91 Å². The molecule has 2 heterocycles. The highest BCUT2D eigenvalue weighted by Gasteiger charge is 2.22. The summed E-state index contributed by atoms with van der Waals surface area (Å²) in [5.41, 5.74) is 1.80. The van der Waals surface area contributed by atoms with E-state index in [9.17, 15) is 4.79 Å². The van der Waals surface area contributed by atoms with Crippen molar-refractivity contribution in [2.45, 2.75) is 45.4 Å². The molecule has 1 unspecified atom stereocenters. The molecule has 0 aliphatic carbocycles. The first-order valence-electron chi connectivity index (χ1n) is 10.8. The fourth-order valence-electron chi connectivity index (χ4n) is 3.60. The molecule has 2 aromatic rings. The van der Waals surface area contributed by atoms with E-state index in [4.69, 9.17) is 9.73 Å². The number of aliphatic imine (C=N–C) groups is 1. The lowest BCUT2D eigenvalue weighted by molar-refractivity contribution is 0.0827. The van der Waals surface area contributed by atoms with Crippen LogP contribution in [-0.2, 0) is 30.7 Å². The number of ether oxygens (including phenoxy) is 1. The fraction of sp³-hybridized carbons (Fsp3) is 0.545. The topological polar surface area (TPSA) is 96.7 Å². The molecule has 32 heavy (non-hydrogen) atoms. The van der Waals surface area contributed by atoms with E-state index in [-0.39, 0.29) is 35.9 Å². The molecule has 1 aliphatic rings. The van der Waals surface area contributed by atoms with Crippen LogP contribution in [-0.4, -0.2) is 71.9 Å². The van der Waals surface area contributed by atoms with E-state index >= 15 is 0 Å². The van der Waals surface area contributed by atoms with Gasteiger partial charge in [0.2, 0.25) is 0 Å². The largest absolute Gasteiger partial charge is 0.377 e. The number of carbonyl (C=O) groups is 1. The Morgan fingerprint density at radius 3 is 2.91 bits per heavy atom. The summed E-state index contributed by atoms with van der Waals surface area (Å²) in [6, 6.07) is 7.99. The zero-order valence-corrected chi connectivity index (χ0v) is 21.6. The van der Waals surface area contributed by atoms with Gasteiger partial charge in [-0.2, -0.15) is 5.10 Å². The van der Waals surface area contributed by atoms with Crippen LogP contribution in [0.2, 0.25) is 0 Å². The van der Waals surface area contributed by atoms with Crippen molar-refractivity contribution in [1.29, 1.82) is 0 Å². The number of amides is 1. The third-order valence-corrected chi connectivity index (χ3v) is 5.11. The van der Waals surface area contributed by atoms with Crippen LogP contribution in [0.5, 0.6) is 0 Å². The normalized spacial score (nSPS) is 15.5. The molecule has 1 aromatic carbocycles. The summed E-state index contributed by atoms with van der Waals surface area (Å²) in [5.74, 6) is 2.56. The van der Waals surface area contributed by atoms with Crippen molar-refractivity contribution in [2.24, 2.45) is 4.99 Å². The van der Waals surface area contributed by atoms with Gasteiger partial charge >= 0.3 is 0 Å². The molecule has 1 atom stereocenters. The Labute approximate surface area is 207 Å². The SMILES string of the molecule is CCNC(=NCCc1cccc(C(=O)N(C)C)c1)NC1CCc2nc(COC)nn2C1.I. The molecule has 0 fully saturated rings. The molecule has 0 radical (unpaired) electrons. The maximum atomic E-state index is 12.2. The Hall–Kier alpha value is -2.21. The average Bonchev–Trinajstić information content (AvgIpc) is 3.15. The summed E-state index contributed by atoms with van der Waals surface area (Å²) in [5, 5.41) is 11.4. The maximum absolute atomic E-state index is 12.2. The minimum atomic E-state index is 0. The first kappa shape index (κ1) is 26.0. The molecule has 0 spiro atoms. The van der Waals surface area contributed by atoms with Crippen molar-refractivity contribution in [3.63, 3.8) is 0 Å². The van der Waals surface area contributed by atoms with Gasteiger partial charge in [-0.05, 0) is 37.5 Å². The van der Waals surface area contributed by atoms with Crippen molar-refractivity contribution < 1.29 is 9.53 Å². The first-order valence-corrected chi connectivity index (χ1v) is 10.8. The number of halogens is 1. The third-order valence-electron chi connectivity index (χ3n) is 5.11. The van der Waals surface area contributed by atoms with Crippen LogP contribution < -0.4 is 10.6 Å². The monoisotopic (exact) mass is 555 g/mol. The molecule has 0 bridgehead atoms. The summed E-state index contributed by atoms with van der Waals surface area (Å²) in [7, 11) is 5.18. The van der Waals surface area contributed by atoms with Crippen LogP contribution in [0.3, 0.4) is 0 Å². The lowest BCUT2D eigenvalue weighted by atomic mass is 10.1. The number of benzene rings is 1. The number of aryl methyl sites for hydroxylation is 1. The third kappa shape index (κ3) is 7.16. The lowest BCUT2D eigenvalue weighted by Gasteiger charge is -2.25. The molecule has 3 rings (SSSR count). The molecule has 2 N–H and O–H groups in total. The zero-order valence-electron chi connectivity index (χ0n) is 19.3. The van der Waals surface area contributed by atoms with Gasteiger partial charge in [0.1, 0.15) is 12.4 Å². The summed E-state index contributed by atoms with van der Waals surface area (Å²) >= 11 is 0.